The number of halogens is 1. The van der Waals surface area contributed by atoms with Crippen molar-refractivity contribution in [2.75, 3.05) is 0 Å². The number of aliphatic hydroxyl groups is 2. The van der Waals surface area contributed by atoms with Gasteiger partial charge in [-0.1, -0.05) is 57.9 Å². The first kappa shape index (κ1) is 23.8. The summed E-state index contributed by atoms with van der Waals surface area (Å²) in [6.45, 7) is 6.71. The first-order chi connectivity index (χ1) is 12.6. The van der Waals surface area contributed by atoms with Gasteiger partial charge < -0.3 is 15.3 Å². The number of hydrogen-bond donors (Lipinski definition) is 3. The van der Waals surface area contributed by atoms with Crippen LogP contribution in [0.3, 0.4) is 0 Å². The molecule has 0 radical (unpaired) electrons. The molecule has 3 atom stereocenters. The minimum absolute atomic E-state index is 0.0644. The van der Waals surface area contributed by atoms with Gasteiger partial charge in [0.15, 0.2) is 0 Å². The normalized spacial score (nSPS) is 24.3. The van der Waals surface area contributed by atoms with E-state index in [2.05, 4.69) is 32.9 Å². The van der Waals surface area contributed by atoms with Gasteiger partial charge in [0.25, 0.3) is 5.79 Å². The average Bonchev–Trinajstić information content (AvgIpc) is 2.93. The highest BCUT2D eigenvalue weighted by Gasteiger charge is 2.34. The molecule has 1 rings (SSSR count). The fourth-order valence-corrected chi connectivity index (χ4v) is 3.69. The average molecular weight is 385 g/mol. The van der Waals surface area contributed by atoms with Crippen LogP contribution in [0.4, 0.5) is 4.39 Å². The molecule has 3 N–H and O–H groups in total. The van der Waals surface area contributed by atoms with Crippen molar-refractivity contribution >= 4 is 5.97 Å². The van der Waals surface area contributed by atoms with Crippen LogP contribution in [0.1, 0.15) is 78.6 Å². The standard InChI is InChI=1S/C22H37FO4/c1-4-5-14-21(2,3)15-9-11-18-17(12-13-19(18)23)10-7-6-8-16-22(26,27)20(24)25/h6-7,9,11,17-19,26-27H,4-5,8,10,12-16H2,1-3H3,(H,24,25)/t17-,18+,19+/m0/s1. The third-order valence-electron chi connectivity index (χ3n) is 5.62. The number of carbonyl (C=O) groups is 1. The molecular weight excluding hydrogens is 347 g/mol. The number of rotatable bonds is 12. The molecule has 156 valence electrons. The lowest BCUT2D eigenvalue weighted by molar-refractivity contribution is -0.205. The maximum atomic E-state index is 14.3. The SMILES string of the molecule is CCCCC(C)(C)CC=C[C@@H]1[C@@H](CC=CCCC(O)(O)C(=O)O)CC[C@H]1F. The maximum absolute atomic E-state index is 14.3. The molecule has 5 heteroatoms. The molecule has 0 aromatic heterocycles. The number of unbranched alkanes of at least 4 members (excludes halogenated alkanes) is 1. The van der Waals surface area contributed by atoms with Crippen LogP contribution in [-0.2, 0) is 4.79 Å². The molecule has 0 spiro atoms. The van der Waals surface area contributed by atoms with Crippen molar-refractivity contribution in [3.8, 4) is 0 Å². The van der Waals surface area contributed by atoms with Crippen molar-refractivity contribution in [3.05, 3.63) is 24.3 Å². The fraction of sp³-hybridized carbons (Fsp3) is 0.773. The van der Waals surface area contributed by atoms with Crippen LogP contribution in [-0.4, -0.2) is 33.2 Å². The second-order valence-electron chi connectivity index (χ2n) is 8.70. The predicted molar refractivity (Wildman–Crippen MR) is 106 cm³/mol. The molecule has 0 saturated heterocycles. The summed E-state index contributed by atoms with van der Waals surface area (Å²) in [5.41, 5.74) is 0.248. The smallest absolute Gasteiger partial charge is 0.364 e. The van der Waals surface area contributed by atoms with Gasteiger partial charge in [-0.2, -0.15) is 0 Å². The Bertz CT molecular complexity index is 510. The third kappa shape index (κ3) is 8.56. The quantitative estimate of drug-likeness (QED) is 0.327. The summed E-state index contributed by atoms with van der Waals surface area (Å²) in [6, 6.07) is 0. The Balaban J connectivity index is 2.47. The summed E-state index contributed by atoms with van der Waals surface area (Å²) < 4.78 is 14.3. The van der Waals surface area contributed by atoms with Crippen LogP contribution in [0, 0.1) is 17.3 Å². The van der Waals surface area contributed by atoms with Crippen LogP contribution in [0.5, 0.6) is 0 Å². The zero-order chi connectivity index (χ0) is 20.5. The van der Waals surface area contributed by atoms with E-state index in [-0.39, 0.29) is 30.1 Å². The van der Waals surface area contributed by atoms with E-state index in [0.717, 1.165) is 19.3 Å². The van der Waals surface area contributed by atoms with Gasteiger partial charge in [-0.15, -0.1) is 0 Å². The third-order valence-corrected chi connectivity index (χ3v) is 5.62. The number of alkyl halides is 1. The predicted octanol–water partition coefficient (Wildman–Crippen LogP) is 5.01. The van der Waals surface area contributed by atoms with Crippen molar-refractivity contribution in [1.82, 2.24) is 0 Å². The number of carboxylic acids is 1. The second-order valence-corrected chi connectivity index (χ2v) is 8.70. The van der Waals surface area contributed by atoms with Crippen LogP contribution >= 0.6 is 0 Å². The summed E-state index contributed by atoms with van der Waals surface area (Å²) >= 11 is 0. The molecule has 27 heavy (non-hydrogen) atoms. The molecule has 0 bridgehead atoms. The molecule has 0 unspecified atom stereocenters. The highest BCUT2D eigenvalue weighted by molar-refractivity contribution is 5.74. The van der Waals surface area contributed by atoms with Gasteiger partial charge in [-0.25, -0.2) is 9.18 Å². The Morgan fingerprint density at radius 1 is 1.15 bits per heavy atom. The lowest BCUT2D eigenvalue weighted by atomic mass is 9.83. The van der Waals surface area contributed by atoms with E-state index in [1.165, 1.54) is 19.3 Å². The van der Waals surface area contributed by atoms with E-state index in [9.17, 15) is 19.4 Å². The zero-order valence-corrected chi connectivity index (χ0v) is 17.0. The van der Waals surface area contributed by atoms with E-state index in [1.807, 2.05) is 6.08 Å². The number of aliphatic carboxylic acids is 1. The van der Waals surface area contributed by atoms with E-state index < -0.39 is 17.9 Å². The zero-order valence-electron chi connectivity index (χ0n) is 17.0. The molecule has 1 aliphatic rings. The highest BCUT2D eigenvalue weighted by Crippen LogP contribution is 2.38. The molecule has 1 fully saturated rings. The van der Waals surface area contributed by atoms with Crippen LogP contribution in [0.15, 0.2) is 24.3 Å². The van der Waals surface area contributed by atoms with Gasteiger partial charge in [-0.3, -0.25) is 0 Å². The Morgan fingerprint density at radius 3 is 2.48 bits per heavy atom. The number of allylic oxidation sites excluding steroid dienone is 4. The van der Waals surface area contributed by atoms with Gasteiger partial charge in [0.05, 0.1) is 0 Å². The molecule has 4 nitrogen and oxygen atoms in total. The van der Waals surface area contributed by atoms with Crippen molar-refractivity contribution in [1.29, 1.82) is 0 Å². The first-order valence-electron chi connectivity index (χ1n) is 10.2. The molecule has 1 saturated carbocycles. The summed E-state index contributed by atoms with van der Waals surface area (Å²) in [5, 5.41) is 27.2. The van der Waals surface area contributed by atoms with Crippen LogP contribution in [0.25, 0.3) is 0 Å². The molecule has 0 heterocycles. The second kappa shape index (κ2) is 11.0. The van der Waals surface area contributed by atoms with Crippen molar-refractivity contribution in [2.45, 2.75) is 90.5 Å². The minimum Gasteiger partial charge on any atom is -0.477 e. The van der Waals surface area contributed by atoms with Gasteiger partial charge >= 0.3 is 5.97 Å². The molecule has 1 aliphatic carbocycles. The topological polar surface area (TPSA) is 77.8 Å². The summed E-state index contributed by atoms with van der Waals surface area (Å²) in [5.74, 6) is -4.14. The Kier molecular flexibility index (Phi) is 9.68. The van der Waals surface area contributed by atoms with E-state index >= 15 is 0 Å². The lowest BCUT2D eigenvalue weighted by Gasteiger charge is -2.23. The van der Waals surface area contributed by atoms with E-state index in [0.29, 0.717) is 6.42 Å². The molecule has 0 aromatic rings. The Labute approximate surface area is 163 Å². The Morgan fingerprint density at radius 2 is 1.85 bits per heavy atom. The van der Waals surface area contributed by atoms with E-state index in [1.54, 1.807) is 6.08 Å². The fourth-order valence-electron chi connectivity index (χ4n) is 3.69. The van der Waals surface area contributed by atoms with Gasteiger partial charge in [-0.05, 0) is 49.9 Å². The summed E-state index contributed by atoms with van der Waals surface area (Å²) in [4.78, 5) is 10.6. The molecule has 0 aromatic carbocycles. The van der Waals surface area contributed by atoms with Crippen LogP contribution < -0.4 is 0 Å². The van der Waals surface area contributed by atoms with Crippen molar-refractivity contribution in [3.63, 3.8) is 0 Å². The monoisotopic (exact) mass is 384 g/mol. The van der Waals surface area contributed by atoms with Gasteiger partial charge in [0.1, 0.15) is 6.17 Å². The molecular formula is C22H37FO4. The maximum Gasteiger partial charge on any atom is 0.364 e. The largest absolute Gasteiger partial charge is 0.477 e. The summed E-state index contributed by atoms with van der Waals surface area (Å²) in [6.07, 6.45) is 13.8. The van der Waals surface area contributed by atoms with E-state index in [4.69, 9.17) is 5.11 Å². The van der Waals surface area contributed by atoms with Gasteiger partial charge in [0, 0.05) is 12.3 Å². The number of hydrogen-bond acceptors (Lipinski definition) is 3. The lowest BCUT2D eigenvalue weighted by Crippen LogP contribution is -2.37. The Hall–Kier alpha value is -1.20. The van der Waals surface area contributed by atoms with Gasteiger partial charge in [0.2, 0.25) is 0 Å². The molecule has 0 amide bonds. The molecule has 0 aliphatic heterocycles. The van der Waals surface area contributed by atoms with Crippen molar-refractivity contribution in [2.24, 2.45) is 17.3 Å². The first-order valence-corrected chi connectivity index (χ1v) is 10.2. The van der Waals surface area contributed by atoms with Crippen molar-refractivity contribution < 1.29 is 24.5 Å². The summed E-state index contributed by atoms with van der Waals surface area (Å²) in [7, 11) is 0. The number of carboxylic acid groups (broad SMARTS) is 1. The highest BCUT2D eigenvalue weighted by atomic mass is 19.1. The minimum atomic E-state index is -2.68. The van der Waals surface area contributed by atoms with Crippen LogP contribution in [0.2, 0.25) is 0 Å².